The van der Waals surface area contributed by atoms with Gasteiger partial charge in [0.05, 0.1) is 43.2 Å². The summed E-state index contributed by atoms with van der Waals surface area (Å²) in [5.41, 5.74) is 1.24. The maximum absolute atomic E-state index is 14.5. The largest absolute Gasteiger partial charge is 0.460 e. The van der Waals surface area contributed by atoms with Gasteiger partial charge in [0.15, 0.2) is 11.6 Å². The Morgan fingerprint density at radius 1 is 0.901 bits per heavy atom. The van der Waals surface area contributed by atoms with Crippen LogP contribution in [0.4, 0.5) is 0 Å². The summed E-state index contributed by atoms with van der Waals surface area (Å²) in [6.45, 7) is 19.8. The zero-order chi connectivity index (χ0) is 52.6. The van der Waals surface area contributed by atoms with E-state index in [1.165, 1.54) is 12.0 Å². The van der Waals surface area contributed by atoms with Gasteiger partial charge in [-0.3, -0.25) is 19.2 Å². The molecule has 3 saturated heterocycles. The molecule has 3 aliphatic heterocycles. The normalized spacial score (nSPS) is 29.8. The van der Waals surface area contributed by atoms with Crippen LogP contribution in [0.25, 0.3) is 0 Å². The number of aliphatic hydroxyl groups excluding tert-OH is 1. The number of methoxy groups -OCH3 is 3. The molecule has 4 rings (SSSR count). The first-order chi connectivity index (χ1) is 33.7. The number of carbonyl (C=O) groups is 5. The highest BCUT2D eigenvalue weighted by Crippen LogP contribution is 2.38. The van der Waals surface area contributed by atoms with Gasteiger partial charge in [-0.25, -0.2) is 4.79 Å². The van der Waals surface area contributed by atoms with E-state index in [0.29, 0.717) is 70.2 Å². The molecule has 4 fully saturated rings. The maximum atomic E-state index is 14.5. The standard InChI is InChI=1S/C56H89NO14/c1-13-14-15-18-35(4)47(65-10)31-42-22-20-40(9)56(64,71-42)53(61)54(62)57-25-17-16-19-44(57)55(63)70-48(37(6)29-41-21-23-46(49(30-41)66-11)69-43-24-26-68-33-43)32-45(58)36(5)28-39(8)51(60)52(67-12)50(59)38(7)27-34(2)3/h13-15,18,28,34,37-44,46-49,51-52,60,64H,1,16-17,19-27,29-33H2,2-12H3/b15-14?,35-18?,36-28-. The molecule has 1 aliphatic carbocycles. The number of likely N-dealkylation sites (tertiary alicyclic amines) is 1. The molecule has 15 unspecified atom stereocenters. The Bertz CT molecular complexity index is 1850. The van der Waals surface area contributed by atoms with Gasteiger partial charge in [-0.1, -0.05) is 78.5 Å². The van der Waals surface area contributed by atoms with Crippen molar-refractivity contribution in [2.24, 2.45) is 35.5 Å². The summed E-state index contributed by atoms with van der Waals surface area (Å²) in [7, 11) is 4.66. The van der Waals surface area contributed by atoms with Crippen LogP contribution in [0.15, 0.2) is 48.1 Å². The Morgan fingerprint density at radius 3 is 2.27 bits per heavy atom. The number of Topliss-reactive ketones (excluding diaryl/α,β-unsaturated/α-hetero) is 3. The Labute approximate surface area is 424 Å². The molecule has 0 aromatic rings. The molecule has 2 N–H and O–H groups in total. The van der Waals surface area contributed by atoms with Crippen LogP contribution in [0, 0.1) is 35.5 Å². The minimum absolute atomic E-state index is 0.0356. The van der Waals surface area contributed by atoms with Crippen LogP contribution >= 0.6 is 0 Å². The van der Waals surface area contributed by atoms with E-state index in [2.05, 4.69) is 6.58 Å². The van der Waals surface area contributed by atoms with E-state index in [4.69, 9.17) is 33.2 Å². The molecule has 15 atom stereocenters. The SMILES string of the molecule is C=CC=CC=C(C)C(CC1CCC(C)C(O)(C(=O)C(=O)N2CCCCC2C(=O)OC(CC(=O)/C(C)=C\C(C)C(O)C(OC)C(=O)C(C)CC(C)C)C(C)CC2CCC(OC3CCOC3)C(OC)C2)O1)OC. The fourth-order valence-corrected chi connectivity index (χ4v) is 11.0. The van der Waals surface area contributed by atoms with Gasteiger partial charge in [-0.05, 0) is 113 Å². The molecule has 71 heavy (non-hydrogen) atoms. The number of aliphatic hydroxyl groups is 2. The zero-order valence-electron chi connectivity index (χ0n) is 44.8. The molecule has 15 heteroatoms. The Morgan fingerprint density at radius 2 is 1.63 bits per heavy atom. The van der Waals surface area contributed by atoms with Crippen molar-refractivity contribution in [2.75, 3.05) is 41.1 Å². The number of esters is 1. The summed E-state index contributed by atoms with van der Waals surface area (Å²) in [5.74, 6) is -7.39. The van der Waals surface area contributed by atoms with Gasteiger partial charge in [0.1, 0.15) is 18.2 Å². The van der Waals surface area contributed by atoms with Crippen molar-refractivity contribution >= 4 is 29.2 Å². The van der Waals surface area contributed by atoms with Crippen LogP contribution in [0.1, 0.15) is 139 Å². The Hall–Kier alpha value is -3.41. The molecule has 0 bridgehead atoms. The molecule has 0 aromatic heterocycles. The van der Waals surface area contributed by atoms with Crippen molar-refractivity contribution in [3.8, 4) is 0 Å². The van der Waals surface area contributed by atoms with Crippen LogP contribution in [0.2, 0.25) is 0 Å². The minimum Gasteiger partial charge on any atom is -0.460 e. The van der Waals surface area contributed by atoms with Crippen LogP contribution in [-0.4, -0.2) is 146 Å². The molecule has 0 radical (unpaired) electrons. The number of hydrogen-bond acceptors (Lipinski definition) is 14. The fourth-order valence-electron chi connectivity index (χ4n) is 11.0. The predicted molar refractivity (Wildman–Crippen MR) is 270 cm³/mol. The van der Waals surface area contributed by atoms with E-state index in [-0.39, 0.29) is 79.0 Å². The molecular weight excluding hydrogens is 911 g/mol. The average molecular weight is 1000 g/mol. The number of rotatable bonds is 27. The summed E-state index contributed by atoms with van der Waals surface area (Å²) in [6, 6.07) is -1.14. The molecule has 15 nitrogen and oxygen atoms in total. The van der Waals surface area contributed by atoms with Crippen molar-refractivity contribution in [1.82, 2.24) is 4.90 Å². The quantitative estimate of drug-likeness (QED) is 0.0353. The Kier molecular flexibility index (Phi) is 24.5. The third-order valence-corrected chi connectivity index (χ3v) is 15.4. The number of amides is 1. The maximum Gasteiger partial charge on any atom is 0.329 e. The second kappa shape index (κ2) is 28.9. The van der Waals surface area contributed by atoms with Gasteiger partial charge >= 0.3 is 5.97 Å². The molecule has 0 aromatic carbocycles. The van der Waals surface area contributed by atoms with Crippen molar-refractivity contribution in [3.63, 3.8) is 0 Å². The van der Waals surface area contributed by atoms with Crippen molar-refractivity contribution < 1.29 is 67.3 Å². The monoisotopic (exact) mass is 1000 g/mol. The number of ether oxygens (including phenoxy) is 7. The van der Waals surface area contributed by atoms with Crippen LogP contribution in [-0.2, 0) is 57.1 Å². The number of hydrogen-bond donors (Lipinski definition) is 2. The molecule has 4 aliphatic rings. The Balaban J connectivity index is 1.55. The van der Waals surface area contributed by atoms with Gasteiger partial charge < -0.3 is 48.3 Å². The van der Waals surface area contributed by atoms with Gasteiger partial charge in [-0.15, -0.1) is 0 Å². The van der Waals surface area contributed by atoms with E-state index < -0.39 is 65.7 Å². The summed E-state index contributed by atoms with van der Waals surface area (Å²) in [4.78, 5) is 71.9. The second-order valence-electron chi connectivity index (χ2n) is 21.5. The average Bonchev–Trinajstić information content (AvgIpc) is 3.87. The highest BCUT2D eigenvalue weighted by molar-refractivity contribution is 6.39. The van der Waals surface area contributed by atoms with Gasteiger partial charge in [0, 0.05) is 65.1 Å². The molecular formula is C56H89NO14. The van der Waals surface area contributed by atoms with E-state index in [1.54, 1.807) is 53.2 Å². The summed E-state index contributed by atoms with van der Waals surface area (Å²) >= 11 is 0. The topological polar surface area (TPSA) is 194 Å². The lowest BCUT2D eigenvalue weighted by molar-refractivity contribution is -0.265. The van der Waals surface area contributed by atoms with Crippen LogP contribution < -0.4 is 0 Å². The molecule has 1 amide bonds. The lowest BCUT2D eigenvalue weighted by Gasteiger charge is -2.42. The summed E-state index contributed by atoms with van der Waals surface area (Å²) < 4.78 is 41.7. The lowest BCUT2D eigenvalue weighted by atomic mass is 9.78. The van der Waals surface area contributed by atoms with Gasteiger partial charge in [-0.2, -0.15) is 0 Å². The first kappa shape index (κ1) is 60.1. The third kappa shape index (κ3) is 16.8. The summed E-state index contributed by atoms with van der Waals surface area (Å²) in [5, 5.41) is 23.3. The molecule has 1 saturated carbocycles. The number of carbonyl (C=O) groups excluding carboxylic acids is 5. The molecule has 0 spiro atoms. The first-order valence-electron chi connectivity index (χ1n) is 26.4. The molecule has 3 heterocycles. The van der Waals surface area contributed by atoms with E-state index >= 15 is 0 Å². The van der Waals surface area contributed by atoms with Gasteiger partial charge in [0.25, 0.3) is 11.7 Å². The van der Waals surface area contributed by atoms with Crippen molar-refractivity contribution in [2.45, 2.75) is 200 Å². The second-order valence-corrected chi connectivity index (χ2v) is 21.5. The smallest absolute Gasteiger partial charge is 0.329 e. The number of piperidine rings is 1. The first-order valence-corrected chi connectivity index (χ1v) is 26.4. The molecule has 402 valence electrons. The van der Waals surface area contributed by atoms with Crippen LogP contribution in [0.3, 0.4) is 0 Å². The van der Waals surface area contributed by atoms with E-state index in [0.717, 1.165) is 24.8 Å². The number of allylic oxidation sites excluding steroid dienone is 5. The number of ketones is 3. The highest BCUT2D eigenvalue weighted by Gasteiger charge is 2.53. The van der Waals surface area contributed by atoms with Gasteiger partial charge in [0.2, 0.25) is 5.79 Å². The fraction of sp³-hybridized carbons (Fsp3) is 0.768. The summed E-state index contributed by atoms with van der Waals surface area (Å²) in [6.07, 6.45) is 11.3. The van der Waals surface area contributed by atoms with E-state index in [9.17, 15) is 34.2 Å². The number of nitrogens with zero attached hydrogens (tertiary/aromatic N) is 1. The van der Waals surface area contributed by atoms with E-state index in [1.807, 2.05) is 46.8 Å². The lowest BCUT2D eigenvalue weighted by Crippen LogP contribution is -2.61. The van der Waals surface area contributed by atoms with Crippen LogP contribution in [0.5, 0.6) is 0 Å². The third-order valence-electron chi connectivity index (χ3n) is 15.4. The zero-order valence-corrected chi connectivity index (χ0v) is 44.8. The van der Waals surface area contributed by atoms with Crippen molar-refractivity contribution in [3.05, 3.63) is 48.1 Å². The predicted octanol–water partition coefficient (Wildman–Crippen LogP) is 7.63. The highest BCUT2D eigenvalue weighted by atomic mass is 16.6. The van der Waals surface area contributed by atoms with Crippen molar-refractivity contribution in [1.29, 1.82) is 0 Å². The minimum atomic E-state index is -2.43.